The lowest BCUT2D eigenvalue weighted by Crippen LogP contribution is -2.22. The standard InChI is InChI=1S/C24H26F6O/c1-2-3-4-16-5-7-17(8-6-16)18-9-11-19(12-10-18)24(29,30)31-20-13-14-21(22(25)15-20)23(26,27)28/h9-17H,2-8H2,1H3. The summed E-state index contributed by atoms with van der Waals surface area (Å²) in [6.45, 7) is 2.18. The Morgan fingerprint density at radius 1 is 0.903 bits per heavy atom. The lowest BCUT2D eigenvalue weighted by molar-refractivity contribution is -0.185. The molecule has 2 aromatic rings. The van der Waals surface area contributed by atoms with Crippen LogP contribution in [0.25, 0.3) is 0 Å². The predicted molar refractivity (Wildman–Crippen MR) is 107 cm³/mol. The quantitative estimate of drug-likeness (QED) is 0.389. The van der Waals surface area contributed by atoms with Crippen LogP contribution in [0.1, 0.15) is 74.5 Å². The second kappa shape index (κ2) is 9.53. The number of hydrogen-bond acceptors (Lipinski definition) is 1. The van der Waals surface area contributed by atoms with Gasteiger partial charge in [0.15, 0.2) is 0 Å². The van der Waals surface area contributed by atoms with Gasteiger partial charge in [-0.25, -0.2) is 4.39 Å². The third-order valence-electron chi connectivity index (χ3n) is 6.02. The summed E-state index contributed by atoms with van der Waals surface area (Å²) in [5, 5.41) is 0. The first-order valence-corrected chi connectivity index (χ1v) is 10.6. The Balaban J connectivity index is 1.64. The van der Waals surface area contributed by atoms with Gasteiger partial charge in [-0.15, -0.1) is 0 Å². The second-order valence-electron chi connectivity index (χ2n) is 8.24. The fourth-order valence-electron chi connectivity index (χ4n) is 4.22. The average molecular weight is 444 g/mol. The van der Waals surface area contributed by atoms with Crippen molar-refractivity contribution in [1.29, 1.82) is 0 Å². The maximum atomic E-state index is 14.5. The van der Waals surface area contributed by atoms with E-state index in [0.29, 0.717) is 24.1 Å². The van der Waals surface area contributed by atoms with E-state index < -0.39 is 35.0 Å². The van der Waals surface area contributed by atoms with Crippen LogP contribution in [-0.2, 0) is 12.3 Å². The van der Waals surface area contributed by atoms with Crippen LogP contribution in [0.3, 0.4) is 0 Å². The van der Waals surface area contributed by atoms with Gasteiger partial charge in [-0.1, -0.05) is 38.3 Å². The second-order valence-corrected chi connectivity index (χ2v) is 8.24. The summed E-state index contributed by atoms with van der Waals surface area (Å²) in [6.07, 6.45) is -0.680. The molecule has 0 spiro atoms. The van der Waals surface area contributed by atoms with E-state index in [1.54, 1.807) is 12.1 Å². The average Bonchev–Trinajstić information content (AvgIpc) is 2.71. The van der Waals surface area contributed by atoms with Gasteiger partial charge < -0.3 is 4.74 Å². The fourth-order valence-corrected chi connectivity index (χ4v) is 4.22. The molecule has 31 heavy (non-hydrogen) atoms. The highest BCUT2D eigenvalue weighted by Gasteiger charge is 2.37. The molecule has 0 heterocycles. The molecule has 0 radical (unpaired) electrons. The predicted octanol–water partition coefficient (Wildman–Crippen LogP) is 8.44. The lowest BCUT2D eigenvalue weighted by atomic mass is 9.77. The molecule has 0 N–H and O–H groups in total. The SMILES string of the molecule is CCCCC1CCC(c2ccc(C(F)(F)Oc3ccc(C(F)(F)F)c(F)c3)cc2)CC1. The molecule has 1 aliphatic rings. The molecular formula is C24H26F6O. The zero-order chi connectivity index (χ0) is 22.6. The van der Waals surface area contributed by atoms with E-state index in [1.165, 1.54) is 31.4 Å². The van der Waals surface area contributed by atoms with Gasteiger partial charge >= 0.3 is 12.3 Å². The Morgan fingerprint density at radius 3 is 2.10 bits per heavy atom. The van der Waals surface area contributed by atoms with Crippen molar-refractivity contribution in [3.05, 3.63) is 65.0 Å². The first-order chi connectivity index (χ1) is 14.6. The van der Waals surface area contributed by atoms with Crippen LogP contribution in [0.15, 0.2) is 42.5 Å². The van der Waals surface area contributed by atoms with E-state index in [-0.39, 0.29) is 0 Å². The van der Waals surface area contributed by atoms with Gasteiger partial charge in [0.2, 0.25) is 0 Å². The number of halogens is 6. The molecule has 0 saturated heterocycles. The molecule has 0 amide bonds. The van der Waals surface area contributed by atoms with E-state index in [4.69, 9.17) is 0 Å². The zero-order valence-electron chi connectivity index (χ0n) is 17.3. The van der Waals surface area contributed by atoms with Crippen molar-refractivity contribution < 1.29 is 31.1 Å². The number of rotatable bonds is 7. The normalized spacial score (nSPS) is 20.0. The molecule has 1 fully saturated rings. The van der Waals surface area contributed by atoms with Crippen LogP contribution in [-0.4, -0.2) is 0 Å². The maximum Gasteiger partial charge on any atom is 0.426 e. The summed E-state index contributed by atoms with van der Waals surface area (Å²) in [6, 6.07) is 7.22. The van der Waals surface area contributed by atoms with Crippen molar-refractivity contribution in [3.8, 4) is 5.75 Å². The third kappa shape index (κ3) is 5.95. The highest BCUT2D eigenvalue weighted by atomic mass is 19.4. The van der Waals surface area contributed by atoms with E-state index in [9.17, 15) is 26.3 Å². The van der Waals surface area contributed by atoms with Gasteiger partial charge in [0.25, 0.3) is 0 Å². The van der Waals surface area contributed by atoms with Crippen molar-refractivity contribution in [2.24, 2.45) is 5.92 Å². The maximum absolute atomic E-state index is 14.5. The molecule has 0 aliphatic heterocycles. The number of alkyl halides is 5. The number of benzene rings is 2. The van der Waals surface area contributed by atoms with Gasteiger partial charge in [-0.05, 0) is 67.3 Å². The molecule has 3 rings (SSSR count). The molecule has 1 aliphatic carbocycles. The van der Waals surface area contributed by atoms with Gasteiger partial charge in [-0.3, -0.25) is 0 Å². The van der Waals surface area contributed by atoms with E-state index in [2.05, 4.69) is 11.7 Å². The van der Waals surface area contributed by atoms with Gasteiger partial charge in [0, 0.05) is 6.07 Å². The summed E-state index contributed by atoms with van der Waals surface area (Å²) in [4.78, 5) is 0. The first-order valence-electron chi connectivity index (χ1n) is 10.6. The minimum atomic E-state index is -4.91. The Labute approximate surface area is 178 Å². The Morgan fingerprint density at radius 2 is 1.55 bits per heavy atom. The topological polar surface area (TPSA) is 9.23 Å². The summed E-state index contributed by atoms with van der Waals surface area (Å²) in [5.41, 5.74) is -0.973. The monoisotopic (exact) mass is 444 g/mol. The number of unbranched alkanes of at least 4 members (excludes halogenated alkanes) is 1. The first kappa shape index (κ1) is 23.5. The summed E-state index contributed by atoms with van der Waals surface area (Å²) in [5.74, 6) is -1.25. The highest BCUT2D eigenvalue weighted by Crippen LogP contribution is 2.39. The fraction of sp³-hybridized carbons (Fsp3) is 0.500. The van der Waals surface area contributed by atoms with Gasteiger partial charge in [0.05, 0.1) is 11.1 Å². The molecule has 0 atom stereocenters. The van der Waals surface area contributed by atoms with E-state index >= 15 is 0 Å². The molecule has 7 heteroatoms. The Kier molecular flexibility index (Phi) is 7.22. The number of ether oxygens (including phenoxy) is 1. The van der Waals surface area contributed by atoms with Crippen molar-refractivity contribution in [1.82, 2.24) is 0 Å². The van der Waals surface area contributed by atoms with Crippen LogP contribution in [0, 0.1) is 11.7 Å². The molecule has 170 valence electrons. The summed E-state index contributed by atoms with van der Waals surface area (Å²) < 4.78 is 85.0. The molecule has 1 saturated carbocycles. The molecule has 1 nitrogen and oxygen atoms in total. The van der Waals surface area contributed by atoms with Crippen LogP contribution >= 0.6 is 0 Å². The van der Waals surface area contributed by atoms with Gasteiger partial charge in [0.1, 0.15) is 11.6 Å². The molecule has 0 unspecified atom stereocenters. The van der Waals surface area contributed by atoms with Crippen molar-refractivity contribution in [2.75, 3.05) is 0 Å². The Bertz CT molecular complexity index is 851. The zero-order valence-corrected chi connectivity index (χ0v) is 17.3. The molecule has 2 aromatic carbocycles. The molecule has 0 aromatic heterocycles. The van der Waals surface area contributed by atoms with Crippen LogP contribution in [0.4, 0.5) is 26.3 Å². The van der Waals surface area contributed by atoms with Crippen LogP contribution in [0.2, 0.25) is 0 Å². The van der Waals surface area contributed by atoms with Crippen LogP contribution in [0.5, 0.6) is 5.75 Å². The minimum absolute atomic E-state index is 0.322. The third-order valence-corrected chi connectivity index (χ3v) is 6.02. The van der Waals surface area contributed by atoms with Crippen molar-refractivity contribution >= 4 is 0 Å². The largest absolute Gasteiger partial charge is 0.429 e. The molecular weight excluding hydrogens is 418 g/mol. The lowest BCUT2D eigenvalue weighted by Gasteiger charge is -2.29. The van der Waals surface area contributed by atoms with E-state index in [0.717, 1.165) is 37.2 Å². The van der Waals surface area contributed by atoms with Crippen molar-refractivity contribution in [2.45, 2.75) is 70.1 Å². The Hall–Kier alpha value is -2.18. The van der Waals surface area contributed by atoms with Gasteiger partial charge in [-0.2, -0.15) is 22.0 Å². The minimum Gasteiger partial charge on any atom is -0.429 e. The van der Waals surface area contributed by atoms with Crippen LogP contribution < -0.4 is 4.74 Å². The number of hydrogen-bond donors (Lipinski definition) is 0. The smallest absolute Gasteiger partial charge is 0.426 e. The molecule has 0 bridgehead atoms. The summed E-state index contributed by atoms with van der Waals surface area (Å²) >= 11 is 0. The van der Waals surface area contributed by atoms with Crippen molar-refractivity contribution in [3.63, 3.8) is 0 Å². The summed E-state index contributed by atoms with van der Waals surface area (Å²) in [7, 11) is 0. The highest BCUT2D eigenvalue weighted by molar-refractivity contribution is 5.33. The van der Waals surface area contributed by atoms with E-state index in [1.807, 2.05) is 0 Å².